The molecule has 2 N–H and O–H groups in total. The highest BCUT2D eigenvalue weighted by molar-refractivity contribution is 4.85. The molecule has 0 aromatic heterocycles. The summed E-state index contributed by atoms with van der Waals surface area (Å²) in [5, 5.41) is 0. The molecule has 1 unspecified atom stereocenters. The van der Waals surface area contributed by atoms with Crippen molar-refractivity contribution in [2.75, 3.05) is 13.1 Å². The van der Waals surface area contributed by atoms with Crippen LogP contribution in [0.15, 0.2) is 0 Å². The zero-order valence-electron chi connectivity index (χ0n) is 12.2. The first-order valence-corrected chi connectivity index (χ1v) is 6.80. The van der Waals surface area contributed by atoms with Crippen molar-refractivity contribution in [2.45, 2.75) is 72.9 Å². The molecule has 0 aromatic rings. The van der Waals surface area contributed by atoms with E-state index in [2.05, 4.69) is 46.4 Å². The molecular formula is C14H32N2. The maximum atomic E-state index is 5.96. The molecule has 0 aliphatic carbocycles. The van der Waals surface area contributed by atoms with Gasteiger partial charge in [-0.15, -0.1) is 0 Å². The van der Waals surface area contributed by atoms with Crippen LogP contribution in [-0.4, -0.2) is 30.1 Å². The van der Waals surface area contributed by atoms with Crippen LogP contribution in [0.4, 0.5) is 0 Å². The second-order valence-electron chi connectivity index (χ2n) is 6.16. The molecule has 0 spiro atoms. The quantitative estimate of drug-likeness (QED) is 0.678. The van der Waals surface area contributed by atoms with Crippen molar-refractivity contribution in [2.24, 2.45) is 11.1 Å². The van der Waals surface area contributed by atoms with Crippen LogP contribution in [0.2, 0.25) is 0 Å². The smallest absolute Gasteiger partial charge is 0.0269 e. The molecule has 0 aromatic carbocycles. The summed E-state index contributed by atoms with van der Waals surface area (Å²) in [6.45, 7) is 15.6. The SMILES string of the molecule is CCCCCN(C(C)C)C(CN)C(C)(C)C. The second-order valence-corrected chi connectivity index (χ2v) is 6.16. The van der Waals surface area contributed by atoms with E-state index in [1.807, 2.05) is 0 Å². The van der Waals surface area contributed by atoms with E-state index in [1.165, 1.54) is 25.8 Å². The number of hydrogen-bond donors (Lipinski definition) is 1. The van der Waals surface area contributed by atoms with Gasteiger partial charge < -0.3 is 5.73 Å². The Morgan fingerprint density at radius 3 is 2.00 bits per heavy atom. The van der Waals surface area contributed by atoms with Gasteiger partial charge in [-0.3, -0.25) is 4.90 Å². The fourth-order valence-corrected chi connectivity index (χ4v) is 2.30. The number of nitrogens with zero attached hydrogens (tertiary/aromatic N) is 1. The van der Waals surface area contributed by atoms with Gasteiger partial charge in [-0.1, -0.05) is 40.5 Å². The highest BCUT2D eigenvalue weighted by Gasteiger charge is 2.30. The van der Waals surface area contributed by atoms with E-state index in [0.717, 1.165) is 6.54 Å². The summed E-state index contributed by atoms with van der Waals surface area (Å²) in [6, 6.07) is 1.08. The third-order valence-corrected chi connectivity index (χ3v) is 3.31. The van der Waals surface area contributed by atoms with Crippen LogP contribution < -0.4 is 5.73 Å². The van der Waals surface area contributed by atoms with Crippen molar-refractivity contribution in [3.8, 4) is 0 Å². The molecule has 0 rings (SSSR count). The number of rotatable bonds is 7. The maximum Gasteiger partial charge on any atom is 0.0269 e. The van der Waals surface area contributed by atoms with Gasteiger partial charge >= 0.3 is 0 Å². The lowest BCUT2D eigenvalue weighted by Crippen LogP contribution is -2.51. The Labute approximate surface area is 103 Å². The van der Waals surface area contributed by atoms with Crippen molar-refractivity contribution < 1.29 is 0 Å². The van der Waals surface area contributed by atoms with Crippen molar-refractivity contribution >= 4 is 0 Å². The Kier molecular flexibility index (Phi) is 7.25. The van der Waals surface area contributed by atoms with Crippen molar-refractivity contribution in [1.29, 1.82) is 0 Å². The first-order chi connectivity index (χ1) is 7.34. The van der Waals surface area contributed by atoms with Crippen molar-refractivity contribution in [3.63, 3.8) is 0 Å². The Morgan fingerprint density at radius 1 is 1.12 bits per heavy atom. The standard InChI is InChI=1S/C14H32N2/c1-7-8-9-10-16(12(2)3)13(11-15)14(4,5)6/h12-13H,7-11,15H2,1-6H3. The molecule has 0 amide bonds. The van der Waals surface area contributed by atoms with Crippen molar-refractivity contribution in [3.05, 3.63) is 0 Å². The van der Waals surface area contributed by atoms with Gasteiger partial charge in [0, 0.05) is 18.6 Å². The van der Waals surface area contributed by atoms with E-state index >= 15 is 0 Å². The first-order valence-electron chi connectivity index (χ1n) is 6.80. The summed E-state index contributed by atoms with van der Waals surface area (Å²) in [7, 11) is 0. The topological polar surface area (TPSA) is 29.3 Å². The Bertz CT molecular complexity index is 170. The van der Waals surface area contributed by atoms with Crippen LogP contribution in [-0.2, 0) is 0 Å². The minimum Gasteiger partial charge on any atom is -0.329 e. The molecular weight excluding hydrogens is 196 g/mol. The van der Waals surface area contributed by atoms with Crippen LogP contribution in [0.1, 0.15) is 60.8 Å². The zero-order valence-corrected chi connectivity index (χ0v) is 12.2. The molecule has 2 heteroatoms. The third-order valence-electron chi connectivity index (χ3n) is 3.31. The van der Waals surface area contributed by atoms with Gasteiger partial charge in [0.05, 0.1) is 0 Å². The van der Waals surface area contributed by atoms with Gasteiger partial charge in [-0.2, -0.15) is 0 Å². The molecule has 0 bridgehead atoms. The van der Waals surface area contributed by atoms with Gasteiger partial charge in [0.1, 0.15) is 0 Å². The van der Waals surface area contributed by atoms with E-state index < -0.39 is 0 Å². The Hall–Kier alpha value is -0.0800. The third kappa shape index (κ3) is 5.31. The van der Waals surface area contributed by atoms with Gasteiger partial charge in [0.25, 0.3) is 0 Å². The second kappa shape index (κ2) is 7.29. The van der Waals surface area contributed by atoms with Gasteiger partial charge in [0.15, 0.2) is 0 Å². The van der Waals surface area contributed by atoms with Crippen LogP contribution in [0, 0.1) is 5.41 Å². The molecule has 0 fully saturated rings. The average Bonchev–Trinajstić information content (AvgIpc) is 2.14. The van der Waals surface area contributed by atoms with E-state index in [1.54, 1.807) is 0 Å². The molecule has 98 valence electrons. The normalized spacial score (nSPS) is 14.8. The molecule has 0 saturated carbocycles. The lowest BCUT2D eigenvalue weighted by molar-refractivity contribution is 0.0742. The molecule has 2 nitrogen and oxygen atoms in total. The van der Waals surface area contributed by atoms with Crippen LogP contribution in [0.25, 0.3) is 0 Å². The molecule has 0 heterocycles. The summed E-state index contributed by atoms with van der Waals surface area (Å²) in [4.78, 5) is 2.58. The minimum atomic E-state index is 0.269. The minimum absolute atomic E-state index is 0.269. The first kappa shape index (κ1) is 15.9. The molecule has 1 atom stereocenters. The van der Waals surface area contributed by atoms with Crippen LogP contribution >= 0.6 is 0 Å². The highest BCUT2D eigenvalue weighted by Crippen LogP contribution is 2.25. The molecule has 0 radical (unpaired) electrons. The van der Waals surface area contributed by atoms with Gasteiger partial charge in [-0.25, -0.2) is 0 Å². The van der Waals surface area contributed by atoms with E-state index in [9.17, 15) is 0 Å². The summed E-state index contributed by atoms with van der Waals surface area (Å²) >= 11 is 0. The highest BCUT2D eigenvalue weighted by atomic mass is 15.2. The monoisotopic (exact) mass is 228 g/mol. The van der Waals surface area contributed by atoms with Gasteiger partial charge in [-0.05, 0) is 32.2 Å². The Morgan fingerprint density at radius 2 is 1.69 bits per heavy atom. The Balaban J connectivity index is 4.48. The average molecular weight is 228 g/mol. The van der Waals surface area contributed by atoms with Gasteiger partial charge in [0.2, 0.25) is 0 Å². The summed E-state index contributed by atoms with van der Waals surface area (Å²) in [6.07, 6.45) is 3.90. The largest absolute Gasteiger partial charge is 0.329 e. The zero-order chi connectivity index (χ0) is 12.8. The predicted molar refractivity (Wildman–Crippen MR) is 73.7 cm³/mol. The predicted octanol–water partition coefficient (Wildman–Crippen LogP) is 3.26. The fraction of sp³-hybridized carbons (Fsp3) is 1.00. The maximum absolute atomic E-state index is 5.96. The molecule has 0 saturated heterocycles. The summed E-state index contributed by atoms with van der Waals surface area (Å²) in [5.74, 6) is 0. The van der Waals surface area contributed by atoms with Crippen LogP contribution in [0.5, 0.6) is 0 Å². The lowest BCUT2D eigenvalue weighted by atomic mass is 9.85. The summed E-state index contributed by atoms with van der Waals surface area (Å²) in [5.41, 5.74) is 6.23. The van der Waals surface area contributed by atoms with E-state index in [0.29, 0.717) is 12.1 Å². The summed E-state index contributed by atoms with van der Waals surface area (Å²) < 4.78 is 0. The molecule has 16 heavy (non-hydrogen) atoms. The molecule has 0 aliphatic heterocycles. The number of unbranched alkanes of at least 4 members (excludes halogenated alkanes) is 2. The van der Waals surface area contributed by atoms with Crippen LogP contribution in [0.3, 0.4) is 0 Å². The van der Waals surface area contributed by atoms with E-state index in [-0.39, 0.29) is 5.41 Å². The molecule has 0 aliphatic rings. The van der Waals surface area contributed by atoms with E-state index in [4.69, 9.17) is 5.73 Å². The fourth-order valence-electron chi connectivity index (χ4n) is 2.30. The number of nitrogens with two attached hydrogens (primary N) is 1. The lowest BCUT2D eigenvalue weighted by Gasteiger charge is -2.42. The van der Waals surface area contributed by atoms with Crippen molar-refractivity contribution in [1.82, 2.24) is 4.90 Å². The number of hydrogen-bond acceptors (Lipinski definition) is 2.